The maximum Gasteiger partial charge on any atom is 0.313 e. The van der Waals surface area contributed by atoms with Crippen molar-refractivity contribution < 1.29 is 38.5 Å². The van der Waals surface area contributed by atoms with E-state index in [0.717, 1.165) is 0 Å². The minimum Gasteiger partial charge on any atom is -0.497 e. The molecule has 3 amide bonds. The molecular formula is C39H49N3O8. The number of benzene rings is 2. The molecule has 11 nitrogen and oxygen atoms in total. The number of anilines is 1. The maximum atomic E-state index is 14.8. The highest BCUT2D eigenvalue weighted by atomic mass is 16.6. The molecule has 5 rings (SSSR count). The number of likely N-dealkylation sites (tertiary alicyclic amines) is 1. The molecule has 0 radical (unpaired) electrons. The van der Waals surface area contributed by atoms with Crippen LogP contribution in [0.3, 0.4) is 0 Å². The highest BCUT2D eigenvalue weighted by Crippen LogP contribution is 2.59. The molecule has 0 aromatic heterocycles. The van der Waals surface area contributed by atoms with Gasteiger partial charge in [0, 0.05) is 25.7 Å². The van der Waals surface area contributed by atoms with E-state index in [-0.39, 0.29) is 31.4 Å². The van der Waals surface area contributed by atoms with Gasteiger partial charge in [-0.1, -0.05) is 49.4 Å². The van der Waals surface area contributed by atoms with Crippen LogP contribution in [-0.2, 0) is 28.7 Å². The van der Waals surface area contributed by atoms with Crippen LogP contribution in [0.2, 0.25) is 0 Å². The highest BCUT2D eigenvalue weighted by Gasteiger charge is 2.75. The van der Waals surface area contributed by atoms with E-state index in [2.05, 4.69) is 13.2 Å². The quantitative estimate of drug-likeness (QED) is 0.203. The molecule has 2 bridgehead atoms. The summed E-state index contributed by atoms with van der Waals surface area (Å²) in [6, 6.07) is 13.9. The minimum atomic E-state index is -1.30. The molecule has 2 aromatic carbocycles. The van der Waals surface area contributed by atoms with Crippen molar-refractivity contribution in [1.29, 1.82) is 0 Å². The third kappa shape index (κ3) is 6.56. The predicted octanol–water partition coefficient (Wildman–Crippen LogP) is 4.46. The van der Waals surface area contributed by atoms with Gasteiger partial charge in [-0.05, 0) is 62.4 Å². The second kappa shape index (κ2) is 15.6. The number of nitrogens with zero attached hydrogens (tertiary/aromatic N) is 3. The van der Waals surface area contributed by atoms with Crippen molar-refractivity contribution in [1.82, 2.24) is 9.80 Å². The summed E-state index contributed by atoms with van der Waals surface area (Å²) in [5.74, 6) is -2.89. The number of hydrogen-bond acceptors (Lipinski definition) is 8. The van der Waals surface area contributed by atoms with Crippen molar-refractivity contribution in [3.8, 4) is 5.75 Å². The summed E-state index contributed by atoms with van der Waals surface area (Å²) in [7, 11) is 3.24. The summed E-state index contributed by atoms with van der Waals surface area (Å²) in [5, 5.41) is 10.5. The van der Waals surface area contributed by atoms with Gasteiger partial charge in [0.05, 0.1) is 43.7 Å². The standard InChI is InChI=1S/C39H49N3O8/c1-7-10-16-31(44)40(5)25(4)34(26-14-12-11-13-15-26)49-38(47)32-30-21-22-39(50-30)33(32)36(45)42(27(9-3)24-43)35(39)37(46)41(23-8-2)28-17-19-29(48-6)20-18-28/h7-8,11-15,17-20,25,27,30,32-35,43H,1-2,9-10,16,21-24H2,3-6H3/t25-,27-,30+,32-,33-,34+,35+,39-/m0/s1. The number of hydrogen-bond donors (Lipinski definition) is 1. The van der Waals surface area contributed by atoms with Crippen LogP contribution in [-0.4, -0.2) is 95.7 Å². The van der Waals surface area contributed by atoms with Crippen LogP contribution in [0.15, 0.2) is 79.9 Å². The normalized spacial score (nSPS) is 25.3. The topological polar surface area (TPSA) is 126 Å². The highest BCUT2D eigenvalue weighted by molar-refractivity contribution is 6.05. The Morgan fingerprint density at radius 1 is 1.12 bits per heavy atom. The smallest absolute Gasteiger partial charge is 0.313 e. The number of likely N-dealkylation sites (N-methyl/N-ethyl adjacent to an activating group) is 1. The van der Waals surface area contributed by atoms with Crippen LogP contribution in [0, 0.1) is 11.8 Å². The lowest BCUT2D eigenvalue weighted by atomic mass is 9.70. The molecule has 1 spiro atoms. The van der Waals surface area contributed by atoms with Crippen LogP contribution in [0.25, 0.3) is 0 Å². The average Bonchev–Trinajstić information content (AvgIpc) is 3.79. The van der Waals surface area contributed by atoms with E-state index in [1.165, 1.54) is 4.90 Å². The summed E-state index contributed by atoms with van der Waals surface area (Å²) < 4.78 is 18.3. The second-order valence-corrected chi connectivity index (χ2v) is 13.3. The maximum absolute atomic E-state index is 14.8. The third-order valence-corrected chi connectivity index (χ3v) is 10.7. The van der Waals surface area contributed by atoms with Gasteiger partial charge in [0.2, 0.25) is 11.8 Å². The Bertz CT molecular complexity index is 1560. The number of carbonyl (C=O) groups is 4. The van der Waals surface area contributed by atoms with Crippen molar-refractivity contribution in [3.63, 3.8) is 0 Å². The van der Waals surface area contributed by atoms with E-state index in [4.69, 9.17) is 14.2 Å². The fourth-order valence-corrected chi connectivity index (χ4v) is 7.93. The Morgan fingerprint density at radius 3 is 2.42 bits per heavy atom. The molecule has 0 unspecified atom stereocenters. The molecule has 3 saturated heterocycles. The zero-order valence-corrected chi connectivity index (χ0v) is 29.4. The minimum absolute atomic E-state index is 0.116. The molecule has 0 aliphatic carbocycles. The summed E-state index contributed by atoms with van der Waals surface area (Å²) >= 11 is 0. The van der Waals surface area contributed by atoms with Crippen LogP contribution >= 0.6 is 0 Å². The summed E-state index contributed by atoms with van der Waals surface area (Å²) in [4.78, 5) is 61.4. The van der Waals surface area contributed by atoms with Crippen LogP contribution in [0.5, 0.6) is 5.75 Å². The van der Waals surface area contributed by atoms with Crippen molar-refractivity contribution in [2.45, 2.75) is 81.9 Å². The first-order chi connectivity index (χ1) is 24.1. The van der Waals surface area contributed by atoms with E-state index in [9.17, 15) is 24.3 Å². The van der Waals surface area contributed by atoms with Crippen LogP contribution < -0.4 is 9.64 Å². The molecule has 3 fully saturated rings. The Balaban J connectivity index is 1.51. The number of amides is 3. The number of allylic oxidation sites excluding steroid dienone is 1. The Labute approximate surface area is 294 Å². The zero-order valence-electron chi connectivity index (χ0n) is 29.4. The number of aliphatic hydroxyl groups excluding tert-OH is 1. The number of rotatable bonds is 16. The third-order valence-electron chi connectivity index (χ3n) is 10.7. The van der Waals surface area contributed by atoms with E-state index < -0.39 is 59.6 Å². The summed E-state index contributed by atoms with van der Waals surface area (Å²) in [6.45, 7) is 11.0. The molecule has 268 valence electrons. The van der Waals surface area contributed by atoms with Gasteiger partial charge in [-0.15, -0.1) is 13.2 Å². The number of aliphatic hydroxyl groups is 1. The Hall–Kier alpha value is -4.48. The van der Waals surface area contributed by atoms with Gasteiger partial charge in [-0.3, -0.25) is 19.2 Å². The fraction of sp³-hybridized carbons (Fsp3) is 0.487. The van der Waals surface area contributed by atoms with Gasteiger partial charge < -0.3 is 34.0 Å². The van der Waals surface area contributed by atoms with Gasteiger partial charge in [0.15, 0.2) is 0 Å². The lowest BCUT2D eigenvalue weighted by Gasteiger charge is -2.39. The van der Waals surface area contributed by atoms with Gasteiger partial charge in [0.1, 0.15) is 23.5 Å². The Kier molecular flexibility index (Phi) is 11.5. The molecule has 8 atom stereocenters. The average molecular weight is 688 g/mol. The van der Waals surface area contributed by atoms with Crippen LogP contribution in [0.1, 0.15) is 57.6 Å². The summed E-state index contributed by atoms with van der Waals surface area (Å²) in [5.41, 5.74) is -0.0220. The first kappa shape index (κ1) is 36.8. The largest absolute Gasteiger partial charge is 0.497 e. The van der Waals surface area contributed by atoms with Crippen molar-refractivity contribution in [2.75, 3.05) is 32.2 Å². The Morgan fingerprint density at radius 2 is 1.82 bits per heavy atom. The molecule has 3 aliphatic rings. The number of fused-ring (bicyclic) bond motifs is 1. The van der Waals surface area contributed by atoms with Gasteiger partial charge in [-0.2, -0.15) is 0 Å². The van der Waals surface area contributed by atoms with Crippen molar-refractivity contribution in [2.24, 2.45) is 11.8 Å². The monoisotopic (exact) mass is 687 g/mol. The second-order valence-electron chi connectivity index (χ2n) is 13.3. The van der Waals surface area contributed by atoms with E-state index >= 15 is 0 Å². The predicted molar refractivity (Wildman–Crippen MR) is 188 cm³/mol. The molecular weight excluding hydrogens is 638 g/mol. The van der Waals surface area contributed by atoms with E-state index in [1.54, 1.807) is 60.4 Å². The van der Waals surface area contributed by atoms with Gasteiger partial charge in [0.25, 0.3) is 5.91 Å². The molecule has 11 heteroatoms. The summed E-state index contributed by atoms with van der Waals surface area (Å²) in [6.07, 6.45) is 3.83. The molecule has 50 heavy (non-hydrogen) atoms. The van der Waals surface area contributed by atoms with Crippen LogP contribution in [0.4, 0.5) is 5.69 Å². The first-order valence-electron chi connectivity index (χ1n) is 17.4. The molecule has 0 saturated carbocycles. The van der Waals surface area contributed by atoms with Crippen molar-refractivity contribution >= 4 is 29.4 Å². The lowest BCUT2D eigenvalue weighted by Crippen LogP contribution is -2.59. The fourth-order valence-electron chi connectivity index (χ4n) is 7.93. The van der Waals surface area contributed by atoms with E-state index in [1.807, 2.05) is 44.2 Å². The number of ether oxygens (including phenoxy) is 3. The molecule has 3 heterocycles. The first-order valence-corrected chi connectivity index (χ1v) is 17.4. The molecule has 1 N–H and O–H groups in total. The van der Waals surface area contributed by atoms with Gasteiger partial charge in [-0.25, -0.2) is 0 Å². The molecule has 2 aromatic rings. The molecule has 3 aliphatic heterocycles. The number of methoxy groups -OCH3 is 1. The van der Waals surface area contributed by atoms with E-state index in [0.29, 0.717) is 42.7 Å². The zero-order chi connectivity index (χ0) is 36.2. The number of carbonyl (C=O) groups excluding carboxylic acids is 4. The number of esters is 1. The van der Waals surface area contributed by atoms with Crippen molar-refractivity contribution in [3.05, 3.63) is 85.5 Å². The van der Waals surface area contributed by atoms with Gasteiger partial charge >= 0.3 is 5.97 Å². The lowest BCUT2D eigenvalue weighted by molar-refractivity contribution is -0.165. The SMILES string of the molecule is C=CCCC(=O)N(C)[C@@H](C)[C@@H](OC(=O)[C@@H]1[C@H]2C(=O)N([C@@H](CC)CO)[C@H](C(=O)N(CC=C)c3ccc(OC)cc3)[C@]23CC[C@H]1O3)c1ccccc1.